The number of rotatable bonds is 10. The van der Waals surface area contributed by atoms with Crippen molar-refractivity contribution in [2.24, 2.45) is 0 Å². The molecule has 0 saturated carbocycles. The fraction of sp³-hybridized carbons (Fsp3) is 0.400. The summed E-state index contributed by atoms with van der Waals surface area (Å²) in [4.78, 5) is 2.34. The highest BCUT2D eigenvalue weighted by Gasteiger charge is 2.05. The van der Waals surface area contributed by atoms with Crippen molar-refractivity contribution in [2.45, 2.75) is 47.7 Å². The molecule has 2 aromatic carbocycles. The quantitative estimate of drug-likeness (QED) is 0.550. The van der Waals surface area contributed by atoms with Gasteiger partial charge in [-0.2, -0.15) is 0 Å². The summed E-state index contributed by atoms with van der Waals surface area (Å²) in [6.45, 7) is -0.186. The summed E-state index contributed by atoms with van der Waals surface area (Å²) in [5.41, 5.74) is 2.36. The van der Waals surface area contributed by atoms with E-state index >= 15 is 0 Å². The van der Waals surface area contributed by atoms with Gasteiger partial charge in [-0.25, -0.2) is 0 Å². The first-order chi connectivity index (χ1) is 12.1. The summed E-state index contributed by atoms with van der Waals surface area (Å²) in [6.07, 6.45) is 1.76. The predicted molar refractivity (Wildman–Crippen MR) is 103 cm³/mol. The van der Waals surface area contributed by atoms with Crippen molar-refractivity contribution >= 4 is 23.4 Å². The van der Waals surface area contributed by atoms with Crippen molar-refractivity contribution < 1.29 is 15.3 Å². The van der Waals surface area contributed by atoms with Gasteiger partial charge in [-0.05, 0) is 61.1 Å². The van der Waals surface area contributed by atoms with Gasteiger partial charge in [0.15, 0.2) is 0 Å². The number of aryl methyl sites for hydroxylation is 2. The first-order valence-corrected chi connectivity index (χ1v) is 9.84. The molecule has 0 aliphatic rings. The third-order valence-electron chi connectivity index (χ3n) is 4.00. The lowest BCUT2D eigenvalue weighted by molar-refractivity contribution is 0.0886. The largest absolute Gasteiger partial charge is 0.394 e. The Bertz CT molecular complexity index is 560. The maximum atomic E-state index is 9.51. The van der Waals surface area contributed by atoms with E-state index in [-0.39, 0.29) is 12.5 Å². The number of halogens is 1. The average Bonchev–Trinajstić information content (AvgIpc) is 2.66. The molecule has 0 aromatic heterocycles. The molecular formula is C20H25ClO3S. The molecule has 0 heterocycles. The molecule has 0 amide bonds. The Kier molecular flexibility index (Phi) is 8.79. The van der Waals surface area contributed by atoms with Crippen molar-refractivity contribution in [1.29, 1.82) is 0 Å². The SMILES string of the molecule is OCC(O)CCc1ccc(Sc2ccc(CCC(O)CCl)cc2)cc1. The summed E-state index contributed by atoms with van der Waals surface area (Å²) < 4.78 is 0. The van der Waals surface area contributed by atoms with Crippen LogP contribution in [0, 0.1) is 0 Å². The normalized spacial score (nSPS) is 13.6. The van der Waals surface area contributed by atoms with Gasteiger partial charge in [-0.1, -0.05) is 36.0 Å². The fourth-order valence-corrected chi connectivity index (χ4v) is 3.39. The van der Waals surface area contributed by atoms with Crippen molar-refractivity contribution in [2.75, 3.05) is 12.5 Å². The Morgan fingerprint density at radius 1 is 0.760 bits per heavy atom. The van der Waals surface area contributed by atoms with Crippen LogP contribution >= 0.6 is 23.4 Å². The van der Waals surface area contributed by atoms with Crippen LogP contribution in [0.4, 0.5) is 0 Å². The van der Waals surface area contributed by atoms with Gasteiger partial charge in [0.25, 0.3) is 0 Å². The zero-order valence-electron chi connectivity index (χ0n) is 14.1. The molecular weight excluding hydrogens is 356 g/mol. The number of benzene rings is 2. The van der Waals surface area contributed by atoms with Gasteiger partial charge in [0, 0.05) is 15.7 Å². The molecule has 0 fully saturated rings. The molecule has 0 radical (unpaired) electrons. The summed E-state index contributed by atoms with van der Waals surface area (Å²) in [5, 5.41) is 27.8. The lowest BCUT2D eigenvalue weighted by Crippen LogP contribution is -2.12. The van der Waals surface area contributed by atoms with Gasteiger partial charge in [-0.15, -0.1) is 11.6 Å². The molecule has 0 saturated heterocycles. The molecule has 136 valence electrons. The van der Waals surface area contributed by atoms with Crippen LogP contribution in [0.5, 0.6) is 0 Å². The van der Waals surface area contributed by atoms with Crippen LogP contribution in [0.1, 0.15) is 24.0 Å². The van der Waals surface area contributed by atoms with E-state index in [2.05, 4.69) is 48.5 Å². The number of hydrogen-bond donors (Lipinski definition) is 3. The molecule has 0 aliphatic carbocycles. The summed E-state index contributed by atoms with van der Waals surface area (Å²) in [5.74, 6) is 0.281. The van der Waals surface area contributed by atoms with Crippen molar-refractivity contribution in [3.05, 3.63) is 59.7 Å². The molecule has 2 atom stereocenters. The predicted octanol–water partition coefficient (Wildman–Crippen LogP) is 3.66. The van der Waals surface area contributed by atoms with Crippen LogP contribution in [-0.4, -0.2) is 40.0 Å². The fourth-order valence-electron chi connectivity index (χ4n) is 2.42. The van der Waals surface area contributed by atoms with Gasteiger partial charge in [0.2, 0.25) is 0 Å². The van der Waals surface area contributed by atoms with Gasteiger partial charge in [0.1, 0.15) is 0 Å². The smallest absolute Gasteiger partial charge is 0.0774 e. The molecule has 5 heteroatoms. The standard InChI is InChI=1S/C20H25ClO3S/c21-13-17(23)7-1-15-3-9-19(10-4-15)25-20-11-5-16(6-12-20)2-8-18(24)14-22/h3-6,9-12,17-18,22-24H,1-2,7-8,13-14H2. The zero-order valence-corrected chi connectivity index (χ0v) is 15.7. The number of aliphatic hydroxyl groups is 3. The van der Waals surface area contributed by atoms with Crippen LogP contribution < -0.4 is 0 Å². The maximum absolute atomic E-state index is 9.51. The molecule has 0 spiro atoms. The van der Waals surface area contributed by atoms with Crippen LogP contribution in [0.2, 0.25) is 0 Å². The Morgan fingerprint density at radius 2 is 1.20 bits per heavy atom. The molecule has 2 unspecified atom stereocenters. The van der Waals surface area contributed by atoms with E-state index in [0.717, 1.165) is 23.3 Å². The first kappa shape index (κ1) is 20.3. The topological polar surface area (TPSA) is 60.7 Å². The Balaban J connectivity index is 1.85. The van der Waals surface area contributed by atoms with E-state index in [4.69, 9.17) is 16.7 Å². The highest BCUT2D eigenvalue weighted by atomic mass is 35.5. The Morgan fingerprint density at radius 3 is 1.60 bits per heavy atom. The summed E-state index contributed by atoms with van der Waals surface area (Å²) >= 11 is 7.31. The maximum Gasteiger partial charge on any atom is 0.0774 e. The number of hydrogen-bond acceptors (Lipinski definition) is 4. The first-order valence-electron chi connectivity index (χ1n) is 8.49. The molecule has 3 N–H and O–H groups in total. The monoisotopic (exact) mass is 380 g/mol. The molecule has 0 aliphatic heterocycles. The summed E-state index contributed by atoms with van der Waals surface area (Å²) in [7, 11) is 0. The second-order valence-electron chi connectivity index (χ2n) is 6.11. The van der Waals surface area contributed by atoms with Gasteiger partial charge < -0.3 is 15.3 Å². The highest BCUT2D eigenvalue weighted by Crippen LogP contribution is 2.28. The van der Waals surface area contributed by atoms with Crippen LogP contribution in [0.3, 0.4) is 0 Å². The van der Waals surface area contributed by atoms with Crippen LogP contribution in [0.25, 0.3) is 0 Å². The van der Waals surface area contributed by atoms with Crippen LogP contribution in [-0.2, 0) is 12.8 Å². The van der Waals surface area contributed by atoms with E-state index in [1.807, 2.05) is 0 Å². The van der Waals surface area contributed by atoms with Crippen molar-refractivity contribution in [3.63, 3.8) is 0 Å². The van der Waals surface area contributed by atoms with Gasteiger partial charge in [-0.3, -0.25) is 0 Å². The van der Waals surface area contributed by atoms with E-state index in [0.29, 0.717) is 12.8 Å². The minimum atomic E-state index is -0.641. The Hall–Kier alpha value is -1.04. The van der Waals surface area contributed by atoms with E-state index < -0.39 is 12.2 Å². The van der Waals surface area contributed by atoms with E-state index in [9.17, 15) is 10.2 Å². The third-order valence-corrected chi connectivity index (χ3v) is 5.38. The lowest BCUT2D eigenvalue weighted by Gasteiger charge is -2.08. The molecule has 2 rings (SSSR count). The number of aliphatic hydroxyl groups excluding tert-OH is 3. The molecule has 25 heavy (non-hydrogen) atoms. The van der Waals surface area contributed by atoms with Crippen molar-refractivity contribution in [3.8, 4) is 0 Å². The van der Waals surface area contributed by atoms with Gasteiger partial charge >= 0.3 is 0 Å². The minimum absolute atomic E-state index is 0.186. The third kappa shape index (κ3) is 7.38. The highest BCUT2D eigenvalue weighted by molar-refractivity contribution is 7.99. The zero-order chi connectivity index (χ0) is 18.1. The minimum Gasteiger partial charge on any atom is -0.394 e. The van der Waals surface area contributed by atoms with Gasteiger partial charge in [0.05, 0.1) is 18.8 Å². The molecule has 3 nitrogen and oxygen atoms in total. The summed E-state index contributed by atoms with van der Waals surface area (Å²) in [6, 6.07) is 16.7. The Labute approximate surface area is 158 Å². The van der Waals surface area contributed by atoms with Crippen LogP contribution in [0.15, 0.2) is 58.3 Å². The molecule has 0 bridgehead atoms. The molecule has 2 aromatic rings. The van der Waals surface area contributed by atoms with Crippen molar-refractivity contribution in [1.82, 2.24) is 0 Å². The lowest BCUT2D eigenvalue weighted by atomic mass is 10.1. The average molecular weight is 381 g/mol. The second kappa shape index (κ2) is 10.8. The van der Waals surface area contributed by atoms with E-state index in [1.54, 1.807) is 11.8 Å². The number of alkyl halides is 1. The second-order valence-corrected chi connectivity index (χ2v) is 7.57. The van der Waals surface area contributed by atoms with E-state index in [1.165, 1.54) is 10.5 Å².